The first-order chi connectivity index (χ1) is 6.36. The van der Waals surface area contributed by atoms with E-state index in [2.05, 4.69) is 15.3 Å². The lowest BCUT2D eigenvalue weighted by atomic mass is 10.3. The lowest BCUT2D eigenvalue weighted by Gasteiger charge is -1.94. The van der Waals surface area contributed by atoms with Crippen LogP contribution in [0.25, 0.3) is 0 Å². The van der Waals surface area contributed by atoms with E-state index in [1.54, 1.807) is 6.26 Å². The summed E-state index contributed by atoms with van der Waals surface area (Å²) in [6.45, 7) is 1.86. The lowest BCUT2D eigenvalue weighted by molar-refractivity contribution is 0.556. The Hall–Kier alpha value is -1.91. The second-order valence-corrected chi connectivity index (χ2v) is 2.50. The van der Waals surface area contributed by atoms with Crippen molar-refractivity contribution < 1.29 is 4.42 Å². The number of rotatable bonds is 2. The molecule has 2 heterocycles. The van der Waals surface area contributed by atoms with Gasteiger partial charge in [0.15, 0.2) is 0 Å². The summed E-state index contributed by atoms with van der Waals surface area (Å²) in [6.07, 6.45) is 4.65. The standard InChI is InChI=1S/C8H8N4O/c1-7(8-3-2-4-13-8)11-12-5-9-10-6-12/h2-6H,1H3/b11-7+. The second-order valence-electron chi connectivity index (χ2n) is 2.50. The van der Waals surface area contributed by atoms with Gasteiger partial charge >= 0.3 is 0 Å². The molecular formula is C8H8N4O. The minimum Gasteiger partial charge on any atom is -0.463 e. The van der Waals surface area contributed by atoms with Crippen molar-refractivity contribution in [1.29, 1.82) is 0 Å². The Morgan fingerprint density at radius 3 is 2.85 bits per heavy atom. The molecule has 0 spiro atoms. The van der Waals surface area contributed by atoms with Crippen molar-refractivity contribution in [2.75, 3.05) is 0 Å². The molecule has 0 aliphatic rings. The molecule has 0 bridgehead atoms. The SMILES string of the molecule is C/C(=N\n1cnnc1)c1ccco1. The lowest BCUT2D eigenvalue weighted by Crippen LogP contribution is -1.96. The van der Waals surface area contributed by atoms with Crippen LogP contribution in [0.3, 0.4) is 0 Å². The van der Waals surface area contributed by atoms with Crippen molar-refractivity contribution in [2.24, 2.45) is 5.10 Å². The minimum absolute atomic E-state index is 0.744. The molecule has 2 rings (SSSR count). The molecule has 0 fully saturated rings. The highest BCUT2D eigenvalue weighted by atomic mass is 16.3. The fourth-order valence-electron chi connectivity index (χ4n) is 0.954. The van der Waals surface area contributed by atoms with Gasteiger partial charge < -0.3 is 4.42 Å². The number of furan rings is 1. The van der Waals surface area contributed by atoms with Crippen LogP contribution in [0.15, 0.2) is 40.6 Å². The van der Waals surface area contributed by atoms with E-state index in [4.69, 9.17) is 4.42 Å². The van der Waals surface area contributed by atoms with E-state index in [9.17, 15) is 0 Å². The van der Waals surface area contributed by atoms with Crippen molar-refractivity contribution >= 4 is 5.71 Å². The fraction of sp³-hybridized carbons (Fsp3) is 0.125. The van der Waals surface area contributed by atoms with E-state index < -0.39 is 0 Å². The number of hydrogen-bond acceptors (Lipinski definition) is 4. The zero-order chi connectivity index (χ0) is 9.10. The van der Waals surface area contributed by atoms with Crippen LogP contribution in [-0.2, 0) is 0 Å². The molecule has 0 amide bonds. The maximum absolute atomic E-state index is 5.16. The van der Waals surface area contributed by atoms with Crippen molar-refractivity contribution in [2.45, 2.75) is 6.92 Å². The molecule has 0 radical (unpaired) electrons. The zero-order valence-corrected chi connectivity index (χ0v) is 7.08. The molecule has 13 heavy (non-hydrogen) atoms. The number of hydrogen-bond donors (Lipinski definition) is 0. The fourth-order valence-corrected chi connectivity index (χ4v) is 0.954. The van der Waals surface area contributed by atoms with Gasteiger partial charge in [0.2, 0.25) is 0 Å². The largest absolute Gasteiger partial charge is 0.463 e. The zero-order valence-electron chi connectivity index (χ0n) is 7.08. The first-order valence-corrected chi connectivity index (χ1v) is 3.80. The van der Waals surface area contributed by atoms with Gasteiger partial charge in [0.05, 0.1) is 6.26 Å². The normalized spacial score (nSPS) is 11.9. The van der Waals surface area contributed by atoms with Crippen molar-refractivity contribution in [3.8, 4) is 0 Å². The van der Waals surface area contributed by atoms with E-state index >= 15 is 0 Å². The van der Waals surface area contributed by atoms with Crippen LogP contribution < -0.4 is 0 Å². The van der Waals surface area contributed by atoms with Crippen molar-refractivity contribution in [3.63, 3.8) is 0 Å². The van der Waals surface area contributed by atoms with Crippen molar-refractivity contribution in [1.82, 2.24) is 14.9 Å². The summed E-state index contributed by atoms with van der Waals surface area (Å²) in [6, 6.07) is 3.67. The van der Waals surface area contributed by atoms with E-state index in [1.807, 2.05) is 19.1 Å². The Kier molecular flexibility index (Phi) is 1.91. The van der Waals surface area contributed by atoms with E-state index in [-0.39, 0.29) is 0 Å². The summed E-state index contributed by atoms with van der Waals surface area (Å²) in [4.78, 5) is 0. The maximum Gasteiger partial charge on any atom is 0.149 e. The third kappa shape index (κ3) is 1.64. The first kappa shape index (κ1) is 7.72. The van der Waals surface area contributed by atoms with Crippen LogP contribution in [0.4, 0.5) is 0 Å². The summed E-state index contributed by atoms with van der Waals surface area (Å²) in [7, 11) is 0. The van der Waals surface area contributed by atoms with Crippen molar-refractivity contribution in [3.05, 3.63) is 36.8 Å². The van der Waals surface area contributed by atoms with Gasteiger partial charge in [-0.3, -0.25) is 0 Å². The quantitative estimate of drug-likeness (QED) is 0.645. The van der Waals surface area contributed by atoms with Gasteiger partial charge in [-0.15, -0.1) is 10.2 Å². The smallest absolute Gasteiger partial charge is 0.149 e. The molecule has 2 aromatic heterocycles. The maximum atomic E-state index is 5.16. The summed E-state index contributed by atoms with van der Waals surface area (Å²) >= 11 is 0. The van der Waals surface area contributed by atoms with E-state index in [1.165, 1.54) is 17.3 Å². The molecule has 66 valence electrons. The Balaban J connectivity index is 2.27. The van der Waals surface area contributed by atoms with Crippen LogP contribution >= 0.6 is 0 Å². The monoisotopic (exact) mass is 176 g/mol. The van der Waals surface area contributed by atoms with Crippen LogP contribution in [-0.4, -0.2) is 20.6 Å². The third-order valence-corrected chi connectivity index (χ3v) is 1.55. The summed E-state index contributed by atoms with van der Waals surface area (Å²) in [5, 5.41) is 11.4. The molecule has 2 aromatic rings. The average Bonchev–Trinajstić information content (AvgIpc) is 2.74. The van der Waals surface area contributed by atoms with E-state index in [0.29, 0.717) is 0 Å². The summed E-state index contributed by atoms with van der Waals surface area (Å²) in [5.74, 6) is 0.744. The van der Waals surface area contributed by atoms with Crippen LogP contribution in [0.2, 0.25) is 0 Å². The van der Waals surface area contributed by atoms with Gasteiger partial charge in [-0.25, -0.2) is 4.68 Å². The first-order valence-electron chi connectivity index (χ1n) is 3.80. The molecule has 0 aliphatic heterocycles. The third-order valence-electron chi connectivity index (χ3n) is 1.55. The average molecular weight is 176 g/mol. The molecule has 0 N–H and O–H groups in total. The topological polar surface area (TPSA) is 56.2 Å². The van der Waals surface area contributed by atoms with Gasteiger partial charge in [-0.05, 0) is 19.1 Å². The minimum atomic E-state index is 0.744. The van der Waals surface area contributed by atoms with Gasteiger partial charge in [-0.1, -0.05) is 0 Å². The van der Waals surface area contributed by atoms with Crippen LogP contribution in [0.1, 0.15) is 12.7 Å². The van der Waals surface area contributed by atoms with Gasteiger partial charge in [0.1, 0.15) is 24.1 Å². The number of nitrogens with zero attached hydrogens (tertiary/aromatic N) is 4. The molecule has 0 saturated heterocycles. The molecule has 5 heteroatoms. The molecule has 0 saturated carbocycles. The summed E-state index contributed by atoms with van der Waals surface area (Å²) in [5.41, 5.74) is 0.782. The van der Waals surface area contributed by atoms with Gasteiger partial charge in [0, 0.05) is 0 Å². The molecule has 0 aliphatic carbocycles. The second kappa shape index (κ2) is 3.22. The highest BCUT2D eigenvalue weighted by molar-refractivity contribution is 5.95. The molecule has 0 aromatic carbocycles. The molecule has 0 atom stereocenters. The van der Waals surface area contributed by atoms with Gasteiger partial charge in [0.25, 0.3) is 0 Å². The number of aromatic nitrogens is 3. The predicted molar refractivity (Wildman–Crippen MR) is 46.3 cm³/mol. The highest BCUT2D eigenvalue weighted by Crippen LogP contribution is 2.02. The van der Waals surface area contributed by atoms with E-state index in [0.717, 1.165) is 11.5 Å². The summed E-state index contributed by atoms with van der Waals surface area (Å²) < 4.78 is 6.68. The van der Waals surface area contributed by atoms with Crippen LogP contribution in [0, 0.1) is 0 Å². The highest BCUT2D eigenvalue weighted by Gasteiger charge is 1.99. The Bertz CT molecular complexity index is 388. The molecule has 5 nitrogen and oxygen atoms in total. The Labute approximate surface area is 74.7 Å². The predicted octanol–water partition coefficient (Wildman–Crippen LogP) is 1.14. The molecule has 0 unspecified atom stereocenters. The molecular weight excluding hydrogens is 168 g/mol. The Morgan fingerprint density at radius 2 is 2.23 bits per heavy atom. The Morgan fingerprint density at radius 1 is 1.46 bits per heavy atom. The van der Waals surface area contributed by atoms with Gasteiger partial charge in [-0.2, -0.15) is 5.10 Å². The van der Waals surface area contributed by atoms with Crippen LogP contribution in [0.5, 0.6) is 0 Å².